The number of nitrogens with two attached hydrogens (primary N) is 1. The number of nitrogens with one attached hydrogen (secondary N) is 1. The van der Waals surface area contributed by atoms with Crippen molar-refractivity contribution in [2.75, 3.05) is 6.54 Å². The lowest BCUT2D eigenvalue weighted by atomic mass is 9.80. The van der Waals surface area contributed by atoms with E-state index in [2.05, 4.69) is 5.32 Å². The van der Waals surface area contributed by atoms with Gasteiger partial charge in [-0.15, -0.1) is 11.3 Å². The van der Waals surface area contributed by atoms with Crippen LogP contribution >= 0.6 is 11.3 Å². The van der Waals surface area contributed by atoms with E-state index in [1.54, 1.807) is 11.3 Å². The molecule has 0 unspecified atom stereocenters. The predicted molar refractivity (Wildman–Crippen MR) is 68.4 cm³/mol. The fraction of sp³-hybridized carbons (Fsp3) is 0.417. The molecule has 4 amide bonds. The van der Waals surface area contributed by atoms with Gasteiger partial charge in [0.2, 0.25) is 5.91 Å². The summed E-state index contributed by atoms with van der Waals surface area (Å²) in [6, 6.07) is 1.34. The van der Waals surface area contributed by atoms with Crippen LogP contribution in [0.5, 0.6) is 0 Å². The number of aryl methyl sites for hydroxylation is 1. The van der Waals surface area contributed by atoms with Crippen molar-refractivity contribution in [3.05, 3.63) is 21.9 Å². The molecule has 3 N–H and O–H groups in total. The standard InChI is InChI=1S/C12H13N3O3S/c13-9(16)6-15-10(17)12(14-11(15)18)4-1-2-8-7(12)3-5-19-8/h3,5H,1-2,4,6H2,(H2,13,16)(H,14,18)/t12-/m1/s1. The van der Waals surface area contributed by atoms with Crippen LogP contribution in [0.25, 0.3) is 0 Å². The minimum absolute atomic E-state index is 0.365. The van der Waals surface area contributed by atoms with Crippen LogP contribution in [0, 0.1) is 0 Å². The highest BCUT2D eigenvalue weighted by Crippen LogP contribution is 2.41. The minimum atomic E-state index is -0.986. The molecule has 1 atom stereocenters. The second-order valence-electron chi connectivity index (χ2n) is 4.80. The summed E-state index contributed by atoms with van der Waals surface area (Å²) in [4.78, 5) is 37.4. The molecule has 7 heteroatoms. The van der Waals surface area contributed by atoms with Crippen molar-refractivity contribution >= 4 is 29.2 Å². The Labute approximate surface area is 113 Å². The normalized spacial score (nSPS) is 25.6. The molecular formula is C12H13N3O3S. The number of carbonyl (C=O) groups is 3. The van der Waals surface area contributed by atoms with Gasteiger partial charge in [-0.25, -0.2) is 4.79 Å². The fourth-order valence-electron chi connectivity index (χ4n) is 2.84. The number of imide groups is 1. The average Bonchev–Trinajstić information content (AvgIpc) is 2.91. The van der Waals surface area contributed by atoms with E-state index in [1.165, 1.54) is 0 Å². The summed E-state index contributed by atoms with van der Waals surface area (Å²) in [7, 11) is 0. The molecule has 1 aromatic heterocycles. The van der Waals surface area contributed by atoms with Gasteiger partial charge in [0.25, 0.3) is 5.91 Å². The summed E-state index contributed by atoms with van der Waals surface area (Å²) < 4.78 is 0. The first-order chi connectivity index (χ1) is 9.04. The monoisotopic (exact) mass is 279 g/mol. The zero-order chi connectivity index (χ0) is 13.6. The SMILES string of the molecule is NC(=O)CN1C(=O)N[C@@]2(CCCc3sccc32)C1=O. The first kappa shape index (κ1) is 12.2. The Hall–Kier alpha value is -1.89. The van der Waals surface area contributed by atoms with Gasteiger partial charge < -0.3 is 11.1 Å². The second kappa shape index (κ2) is 4.06. The lowest BCUT2D eigenvalue weighted by molar-refractivity contribution is -0.135. The topological polar surface area (TPSA) is 92.5 Å². The molecule has 0 radical (unpaired) electrons. The number of hydrogen-bond donors (Lipinski definition) is 2. The zero-order valence-corrected chi connectivity index (χ0v) is 11.0. The minimum Gasteiger partial charge on any atom is -0.368 e. The van der Waals surface area contributed by atoms with Crippen LogP contribution < -0.4 is 11.1 Å². The molecule has 2 aliphatic rings. The summed E-state index contributed by atoms with van der Waals surface area (Å²) in [5.41, 5.74) is 4.96. The van der Waals surface area contributed by atoms with Crippen molar-refractivity contribution in [2.24, 2.45) is 5.73 Å². The van der Waals surface area contributed by atoms with Crippen LogP contribution in [0.1, 0.15) is 23.3 Å². The van der Waals surface area contributed by atoms with Crippen molar-refractivity contribution in [3.63, 3.8) is 0 Å². The third-order valence-electron chi connectivity index (χ3n) is 3.65. The highest BCUT2D eigenvalue weighted by Gasteiger charge is 2.54. The molecule has 0 aromatic carbocycles. The molecule has 1 aliphatic heterocycles. The average molecular weight is 279 g/mol. The van der Waals surface area contributed by atoms with E-state index in [-0.39, 0.29) is 12.5 Å². The van der Waals surface area contributed by atoms with Gasteiger partial charge in [0.1, 0.15) is 12.1 Å². The van der Waals surface area contributed by atoms with Crippen LogP contribution in [0.2, 0.25) is 0 Å². The number of thiophene rings is 1. The number of fused-ring (bicyclic) bond motifs is 2. The number of amides is 4. The molecular weight excluding hydrogens is 266 g/mol. The maximum Gasteiger partial charge on any atom is 0.325 e. The molecule has 6 nitrogen and oxygen atoms in total. The van der Waals surface area contributed by atoms with Gasteiger partial charge >= 0.3 is 6.03 Å². The van der Waals surface area contributed by atoms with E-state index in [9.17, 15) is 14.4 Å². The van der Waals surface area contributed by atoms with Crippen LogP contribution in [0.3, 0.4) is 0 Å². The molecule has 1 aliphatic carbocycles. The van der Waals surface area contributed by atoms with Crippen molar-refractivity contribution < 1.29 is 14.4 Å². The molecule has 1 fully saturated rings. The van der Waals surface area contributed by atoms with Crippen molar-refractivity contribution in [2.45, 2.75) is 24.8 Å². The third kappa shape index (κ3) is 1.65. The van der Waals surface area contributed by atoms with Gasteiger partial charge in [0, 0.05) is 10.4 Å². The van der Waals surface area contributed by atoms with Crippen molar-refractivity contribution in [1.29, 1.82) is 0 Å². The van der Waals surface area contributed by atoms with Crippen LogP contribution in [-0.4, -0.2) is 29.3 Å². The van der Waals surface area contributed by atoms with Crippen molar-refractivity contribution in [3.8, 4) is 0 Å². The molecule has 0 bridgehead atoms. The summed E-state index contributed by atoms with van der Waals surface area (Å²) in [5.74, 6) is -1.06. The Morgan fingerprint density at radius 2 is 2.32 bits per heavy atom. The molecule has 1 aromatic rings. The van der Waals surface area contributed by atoms with Crippen molar-refractivity contribution in [1.82, 2.24) is 10.2 Å². The van der Waals surface area contributed by atoms with Gasteiger partial charge in [-0.1, -0.05) is 0 Å². The first-order valence-corrected chi connectivity index (χ1v) is 6.92. The Morgan fingerprint density at radius 1 is 1.53 bits per heavy atom. The summed E-state index contributed by atoms with van der Waals surface area (Å²) in [6.07, 6.45) is 2.33. The van der Waals surface area contributed by atoms with Gasteiger partial charge in [0.15, 0.2) is 0 Å². The molecule has 2 heterocycles. The Bertz CT molecular complexity index is 583. The van der Waals surface area contributed by atoms with Gasteiger partial charge in [0.05, 0.1) is 0 Å². The number of carbonyl (C=O) groups excluding carboxylic acids is 3. The van der Waals surface area contributed by atoms with Gasteiger partial charge in [-0.3, -0.25) is 14.5 Å². The number of urea groups is 1. The molecule has 0 saturated carbocycles. The highest BCUT2D eigenvalue weighted by atomic mass is 32.1. The first-order valence-electron chi connectivity index (χ1n) is 6.04. The highest BCUT2D eigenvalue weighted by molar-refractivity contribution is 7.10. The van der Waals surface area contributed by atoms with E-state index in [0.29, 0.717) is 6.42 Å². The van der Waals surface area contributed by atoms with Crippen LogP contribution in [0.4, 0.5) is 4.79 Å². The zero-order valence-electron chi connectivity index (χ0n) is 10.1. The van der Waals surface area contributed by atoms with E-state index in [1.807, 2.05) is 11.4 Å². The Morgan fingerprint density at radius 3 is 3.05 bits per heavy atom. The van der Waals surface area contributed by atoms with E-state index < -0.39 is 17.5 Å². The fourth-order valence-corrected chi connectivity index (χ4v) is 3.84. The Balaban J connectivity index is 2.02. The number of nitrogens with zero attached hydrogens (tertiary/aromatic N) is 1. The number of rotatable bonds is 2. The van der Waals surface area contributed by atoms with E-state index >= 15 is 0 Å². The third-order valence-corrected chi connectivity index (χ3v) is 4.63. The summed E-state index contributed by atoms with van der Waals surface area (Å²) in [5, 5.41) is 4.68. The number of primary amides is 1. The maximum atomic E-state index is 12.5. The Kier molecular flexibility index (Phi) is 2.60. The number of hydrogen-bond acceptors (Lipinski definition) is 4. The van der Waals surface area contributed by atoms with Crippen LogP contribution in [0.15, 0.2) is 11.4 Å². The maximum absolute atomic E-state index is 12.5. The second-order valence-corrected chi connectivity index (χ2v) is 5.80. The molecule has 100 valence electrons. The lowest BCUT2D eigenvalue weighted by Crippen LogP contribution is -2.46. The molecule has 1 spiro atoms. The quantitative estimate of drug-likeness (QED) is 0.763. The molecule has 19 heavy (non-hydrogen) atoms. The summed E-state index contributed by atoms with van der Waals surface area (Å²) >= 11 is 1.59. The largest absolute Gasteiger partial charge is 0.368 e. The smallest absolute Gasteiger partial charge is 0.325 e. The van der Waals surface area contributed by atoms with Crippen LogP contribution in [-0.2, 0) is 21.5 Å². The van der Waals surface area contributed by atoms with Gasteiger partial charge in [-0.05, 0) is 30.7 Å². The molecule has 1 saturated heterocycles. The van der Waals surface area contributed by atoms with E-state index in [0.717, 1.165) is 28.2 Å². The van der Waals surface area contributed by atoms with Gasteiger partial charge in [-0.2, -0.15) is 0 Å². The van der Waals surface area contributed by atoms with E-state index in [4.69, 9.17) is 5.73 Å². The predicted octanol–water partition coefficient (Wildman–Crippen LogP) is 0.317. The molecule has 3 rings (SSSR count). The summed E-state index contributed by atoms with van der Waals surface area (Å²) in [6.45, 7) is -0.369. The lowest BCUT2D eigenvalue weighted by Gasteiger charge is -2.31.